The van der Waals surface area contributed by atoms with Crippen molar-refractivity contribution in [1.82, 2.24) is 5.43 Å². The van der Waals surface area contributed by atoms with Crippen molar-refractivity contribution < 1.29 is 14.2 Å². The van der Waals surface area contributed by atoms with E-state index in [1.807, 2.05) is 0 Å². The van der Waals surface area contributed by atoms with Gasteiger partial charge < -0.3 is 19.9 Å². The molecular formula is C11H15N3O3S. The first-order valence-corrected chi connectivity index (χ1v) is 5.41. The minimum atomic E-state index is 0.0960. The first-order valence-electron chi connectivity index (χ1n) is 5.01. The van der Waals surface area contributed by atoms with Crippen molar-refractivity contribution in [3.8, 4) is 17.2 Å². The van der Waals surface area contributed by atoms with Crippen molar-refractivity contribution in [2.45, 2.75) is 0 Å². The maximum absolute atomic E-state index is 5.25. The van der Waals surface area contributed by atoms with Crippen LogP contribution in [-0.2, 0) is 0 Å². The number of nitrogens with zero attached hydrogens (tertiary/aromatic N) is 1. The van der Waals surface area contributed by atoms with Crippen molar-refractivity contribution in [2.24, 2.45) is 10.8 Å². The van der Waals surface area contributed by atoms with E-state index < -0.39 is 0 Å². The van der Waals surface area contributed by atoms with Crippen molar-refractivity contribution in [2.75, 3.05) is 21.3 Å². The summed E-state index contributed by atoms with van der Waals surface area (Å²) in [6.45, 7) is 0. The molecule has 0 radical (unpaired) electrons. The standard InChI is InChI=1S/C11H15N3O3S/c1-15-8-4-7(6-13-14-11(12)18)5-9(16-2)10(8)17-3/h4-6H,1-3H3,(H3,12,14,18)/b13-6+. The lowest BCUT2D eigenvalue weighted by Gasteiger charge is -2.12. The zero-order valence-electron chi connectivity index (χ0n) is 10.4. The van der Waals surface area contributed by atoms with Crippen molar-refractivity contribution in [1.29, 1.82) is 0 Å². The molecule has 0 aliphatic rings. The number of nitrogens with one attached hydrogen (secondary N) is 1. The van der Waals surface area contributed by atoms with Gasteiger partial charge in [0.1, 0.15) is 0 Å². The smallest absolute Gasteiger partial charge is 0.203 e. The van der Waals surface area contributed by atoms with Crippen molar-refractivity contribution in [3.05, 3.63) is 17.7 Å². The van der Waals surface area contributed by atoms with Crippen LogP contribution < -0.4 is 25.4 Å². The minimum absolute atomic E-state index is 0.0960. The maximum atomic E-state index is 5.25. The summed E-state index contributed by atoms with van der Waals surface area (Å²) in [5.74, 6) is 1.63. The molecule has 98 valence electrons. The molecular weight excluding hydrogens is 254 g/mol. The predicted molar refractivity (Wildman–Crippen MR) is 73.6 cm³/mol. The molecule has 0 unspecified atom stereocenters. The van der Waals surface area contributed by atoms with Crippen LogP contribution in [0, 0.1) is 0 Å². The van der Waals surface area contributed by atoms with E-state index in [0.29, 0.717) is 17.2 Å². The molecule has 1 rings (SSSR count). The molecule has 0 aromatic heterocycles. The molecule has 0 bridgehead atoms. The Bertz CT molecular complexity index is 438. The summed E-state index contributed by atoms with van der Waals surface area (Å²) < 4.78 is 15.6. The Morgan fingerprint density at radius 3 is 2.17 bits per heavy atom. The first kappa shape index (κ1) is 14.0. The number of rotatable bonds is 5. The van der Waals surface area contributed by atoms with Crippen LogP contribution in [0.2, 0.25) is 0 Å². The Kier molecular flexibility index (Phi) is 5.19. The van der Waals surface area contributed by atoms with Crippen LogP contribution in [0.1, 0.15) is 5.56 Å². The Balaban J connectivity index is 3.07. The second-order valence-electron chi connectivity index (χ2n) is 3.19. The molecule has 0 aliphatic carbocycles. The number of hydrazone groups is 1. The van der Waals surface area contributed by atoms with Crippen LogP contribution in [0.15, 0.2) is 17.2 Å². The van der Waals surface area contributed by atoms with Gasteiger partial charge in [-0.2, -0.15) is 5.10 Å². The molecule has 1 aromatic rings. The van der Waals surface area contributed by atoms with Gasteiger partial charge in [-0.15, -0.1) is 0 Å². The van der Waals surface area contributed by atoms with Crippen LogP contribution >= 0.6 is 12.2 Å². The summed E-state index contributed by atoms with van der Waals surface area (Å²) in [5, 5.41) is 3.95. The van der Waals surface area contributed by atoms with E-state index in [1.165, 1.54) is 0 Å². The Morgan fingerprint density at radius 1 is 1.22 bits per heavy atom. The molecule has 0 aliphatic heterocycles. The average Bonchev–Trinajstić information content (AvgIpc) is 2.36. The van der Waals surface area contributed by atoms with E-state index in [2.05, 4.69) is 22.7 Å². The third kappa shape index (κ3) is 3.49. The summed E-state index contributed by atoms with van der Waals surface area (Å²) >= 11 is 4.63. The first-order chi connectivity index (χ1) is 8.62. The fourth-order valence-electron chi connectivity index (χ4n) is 1.35. The van der Waals surface area contributed by atoms with Crippen LogP contribution in [0.25, 0.3) is 0 Å². The number of benzene rings is 1. The van der Waals surface area contributed by atoms with Gasteiger partial charge in [0.25, 0.3) is 0 Å². The Hall–Kier alpha value is -2.02. The van der Waals surface area contributed by atoms with Gasteiger partial charge >= 0.3 is 0 Å². The van der Waals surface area contributed by atoms with Gasteiger partial charge in [0.2, 0.25) is 5.75 Å². The van der Waals surface area contributed by atoms with E-state index in [-0.39, 0.29) is 5.11 Å². The van der Waals surface area contributed by atoms with Crippen LogP contribution in [-0.4, -0.2) is 32.7 Å². The molecule has 1 aromatic carbocycles. The number of hydrogen-bond acceptors (Lipinski definition) is 5. The highest BCUT2D eigenvalue weighted by Gasteiger charge is 2.12. The van der Waals surface area contributed by atoms with Crippen LogP contribution in [0.3, 0.4) is 0 Å². The molecule has 6 nitrogen and oxygen atoms in total. The largest absolute Gasteiger partial charge is 0.493 e. The van der Waals surface area contributed by atoms with Crippen LogP contribution in [0.5, 0.6) is 17.2 Å². The molecule has 7 heteroatoms. The minimum Gasteiger partial charge on any atom is -0.493 e. The maximum Gasteiger partial charge on any atom is 0.203 e. The highest BCUT2D eigenvalue weighted by Crippen LogP contribution is 2.37. The summed E-state index contributed by atoms with van der Waals surface area (Å²) in [4.78, 5) is 0. The highest BCUT2D eigenvalue weighted by molar-refractivity contribution is 7.80. The molecule has 0 heterocycles. The van der Waals surface area contributed by atoms with E-state index in [1.54, 1.807) is 39.7 Å². The Morgan fingerprint density at radius 2 is 1.78 bits per heavy atom. The summed E-state index contributed by atoms with van der Waals surface area (Å²) in [6.07, 6.45) is 1.55. The normalized spacial score (nSPS) is 10.2. The zero-order chi connectivity index (χ0) is 13.5. The van der Waals surface area contributed by atoms with Gasteiger partial charge in [-0.3, -0.25) is 5.43 Å². The van der Waals surface area contributed by atoms with E-state index in [4.69, 9.17) is 19.9 Å². The van der Waals surface area contributed by atoms with Crippen molar-refractivity contribution >= 4 is 23.5 Å². The number of ether oxygens (including phenoxy) is 3. The highest BCUT2D eigenvalue weighted by atomic mass is 32.1. The number of hydrogen-bond donors (Lipinski definition) is 2. The fourth-order valence-corrected chi connectivity index (χ4v) is 1.40. The topological polar surface area (TPSA) is 78.1 Å². The second-order valence-corrected chi connectivity index (χ2v) is 3.63. The van der Waals surface area contributed by atoms with Gasteiger partial charge in [-0.25, -0.2) is 0 Å². The SMILES string of the molecule is COc1cc(/C=N/NC(N)=S)cc(OC)c1OC. The third-order valence-electron chi connectivity index (χ3n) is 2.08. The quantitative estimate of drug-likeness (QED) is 0.469. The average molecular weight is 269 g/mol. The lowest BCUT2D eigenvalue weighted by Crippen LogP contribution is -2.23. The van der Waals surface area contributed by atoms with E-state index in [9.17, 15) is 0 Å². The van der Waals surface area contributed by atoms with E-state index >= 15 is 0 Å². The summed E-state index contributed by atoms with van der Waals surface area (Å²) in [5.41, 5.74) is 8.47. The monoisotopic (exact) mass is 269 g/mol. The fraction of sp³-hybridized carbons (Fsp3) is 0.273. The molecule has 3 N–H and O–H groups in total. The second kappa shape index (κ2) is 6.65. The van der Waals surface area contributed by atoms with Gasteiger partial charge in [0, 0.05) is 5.56 Å². The lowest BCUT2D eigenvalue weighted by molar-refractivity contribution is 0.324. The zero-order valence-corrected chi connectivity index (χ0v) is 11.2. The molecule has 18 heavy (non-hydrogen) atoms. The molecule has 0 atom stereocenters. The van der Waals surface area contributed by atoms with Gasteiger partial charge in [-0.05, 0) is 24.4 Å². The van der Waals surface area contributed by atoms with Gasteiger partial charge in [0.15, 0.2) is 16.6 Å². The molecule has 0 saturated carbocycles. The molecule has 0 fully saturated rings. The molecule has 0 amide bonds. The van der Waals surface area contributed by atoms with E-state index in [0.717, 1.165) is 5.56 Å². The predicted octanol–water partition coefficient (Wildman–Crippen LogP) is 0.879. The third-order valence-corrected chi connectivity index (χ3v) is 2.17. The number of nitrogens with two attached hydrogens (primary N) is 1. The van der Waals surface area contributed by atoms with Gasteiger partial charge in [-0.1, -0.05) is 0 Å². The van der Waals surface area contributed by atoms with Crippen molar-refractivity contribution in [3.63, 3.8) is 0 Å². The van der Waals surface area contributed by atoms with Crippen LogP contribution in [0.4, 0.5) is 0 Å². The molecule has 0 spiro atoms. The number of methoxy groups -OCH3 is 3. The summed E-state index contributed by atoms with van der Waals surface area (Å²) in [7, 11) is 4.64. The molecule has 0 saturated heterocycles. The lowest BCUT2D eigenvalue weighted by atomic mass is 10.2. The Labute approximate surface area is 111 Å². The van der Waals surface area contributed by atoms with Gasteiger partial charge in [0.05, 0.1) is 27.5 Å². The summed E-state index contributed by atoms with van der Waals surface area (Å²) in [6, 6.07) is 3.51. The number of thiocarbonyl (C=S) groups is 1.